The Morgan fingerprint density at radius 3 is 2.60 bits per heavy atom. The summed E-state index contributed by atoms with van der Waals surface area (Å²) in [6, 6.07) is 9.42. The van der Waals surface area contributed by atoms with Crippen molar-refractivity contribution in [3.63, 3.8) is 0 Å². The molecule has 5 nitrogen and oxygen atoms in total. The second-order valence-corrected chi connectivity index (χ2v) is 4.79. The number of benzene rings is 1. The Morgan fingerprint density at radius 1 is 1.45 bits per heavy atom. The van der Waals surface area contributed by atoms with Crippen molar-refractivity contribution in [1.29, 1.82) is 5.26 Å². The number of hydrogen-bond acceptors (Lipinski definition) is 3. The smallest absolute Gasteiger partial charge is 0.279 e. The molecule has 5 heteroatoms. The molecule has 0 aromatic heterocycles. The Labute approximate surface area is 120 Å². The first-order chi connectivity index (χ1) is 9.58. The molecule has 0 bridgehead atoms. The van der Waals surface area contributed by atoms with Gasteiger partial charge in [-0.25, -0.2) is 0 Å². The molecule has 0 aliphatic carbocycles. The predicted octanol–water partition coefficient (Wildman–Crippen LogP) is 0.698. The number of rotatable bonds is 7. The Morgan fingerprint density at radius 2 is 2.10 bits per heavy atom. The van der Waals surface area contributed by atoms with Gasteiger partial charge in [-0.1, -0.05) is 0 Å². The highest BCUT2D eigenvalue weighted by molar-refractivity contribution is 5.91. The number of carbonyl (C=O) groups excluding carboxylic acids is 1. The van der Waals surface area contributed by atoms with E-state index >= 15 is 0 Å². The molecule has 1 aromatic carbocycles. The number of carbonyl (C=O) groups is 1. The third-order valence-electron chi connectivity index (χ3n) is 3.10. The minimum absolute atomic E-state index is 0.0428. The summed E-state index contributed by atoms with van der Waals surface area (Å²) in [5.41, 5.74) is 0.750. The Bertz CT molecular complexity index is 465. The van der Waals surface area contributed by atoms with Crippen LogP contribution in [-0.2, 0) is 4.79 Å². The lowest BCUT2D eigenvalue weighted by Gasteiger charge is -2.18. The van der Waals surface area contributed by atoms with Crippen LogP contribution >= 0.6 is 0 Å². The number of quaternary nitrogens is 1. The Hall–Kier alpha value is -2.06. The lowest BCUT2D eigenvalue weighted by atomic mass is 10.2. The molecule has 108 valence electrons. The number of nitriles is 1. The van der Waals surface area contributed by atoms with Gasteiger partial charge in [-0.3, -0.25) is 4.79 Å². The highest BCUT2D eigenvalue weighted by Crippen LogP contribution is 2.14. The van der Waals surface area contributed by atoms with E-state index in [0.717, 1.165) is 22.9 Å². The molecular formula is C15H22N3O2+. The molecule has 2 atom stereocenters. The molecule has 0 saturated carbocycles. The fourth-order valence-corrected chi connectivity index (χ4v) is 1.93. The van der Waals surface area contributed by atoms with Crippen molar-refractivity contribution < 1.29 is 14.4 Å². The van der Waals surface area contributed by atoms with Crippen molar-refractivity contribution in [2.75, 3.05) is 32.1 Å². The van der Waals surface area contributed by atoms with Crippen LogP contribution in [0.15, 0.2) is 24.3 Å². The minimum atomic E-state index is -0.0443. The number of hydrogen-bond donors (Lipinski definition) is 2. The van der Waals surface area contributed by atoms with Gasteiger partial charge in [0.15, 0.2) is 6.54 Å². The minimum Gasteiger partial charge on any atom is -0.497 e. The van der Waals surface area contributed by atoms with Crippen molar-refractivity contribution in [2.24, 2.45) is 5.92 Å². The van der Waals surface area contributed by atoms with E-state index < -0.39 is 0 Å². The highest BCUT2D eigenvalue weighted by Gasteiger charge is 2.15. The fourth-order valence-electron chi connectivity index (χ4n) is 1.93. The van der Waals surface area contributed by atoms with E-state index in [2.05, 4.69) is 11.4 Å². The third kappa shape index (κ3) is 5.29. The van der Waals surface area contributed by atoms with Gasteiger partial charge in [-0.05, 0) is 38.1 Å². The molecule has 1 unspecified atom stereocenters. The second kappa shape index (κ2) is 8.18. The molecule has 0 fully saturated rings. The molecule has 0 radical (unpaired) electrons. The second-order valence-electron chi connectivity index (χ2n) is 4.79. The van der Waals surface area contributed by atoms with E-state index in [4.69, 9.17) is 10.00 Å². The lowest BCUT2D eigenvalue weighted by molar-refractivity contribution is -0.892. The molecule has 0 saturated heterocycles. The molecule has 0 aliphatic rings. The number of likely N-dealkylation sites (N-methyl/N-ethyl adjacent to an activating group) is 1. The molecule has 1 amide bonds. The van der Waals surface area contributed by atoms with Crippen molar-refractivity contribution in [3.8, 4) is 11.8 Å². The summed E-state index contributed by atoms with van der Waals surface area (Å²) in [7, 11) is 1.60. The molecule has 0 spiro atoms. The maximum atomic E-state index is 12.0. The molecule has 0 heterocycles. The third-order valence-corrected chi connectivity index (χ3v) is 3.10. The van der Waals surface area contributed by atoms with Gasteiger partial charge in [-0.2, -0.15) is 5.26 Å². The fraction of sp³-hybridized carbons (Fsp3) is 0.467. The van der Waals surface area contributed by atoms with Gasteiger partial charge in [0.05, 0.1) is 32.2 Å². The normalized spacial score (nSPS) is 13.1. The van der Waals surface area contributed by atoms with Crippen LogP contribution in [0.3, 0.4) is 0 Å². The summed E-state index contributed by atoms with van der Waals surface area (Å²) in [5.74, 6) is 0.669. The number of anilines is 1. The molecule has 1 rings (SSSR count). The average Bonchev–Trinajstić information content (AvgIpc) is 2.47. The van der Waals surface area contributed by atoms with Crippen LogP contribution in [-0.4, -0.2) is 32.7 Å². The quantitative estimate of drug-likeness (QED) is 0.770. The predicted molar refractivity (Wildman–Crippen MR) is 77.6 cm³/mol. The van der Waals surface area contributed by atoms with Crippen molar-refractivity contribution >= 4 is 11.6 Å². The van der Waals surface area contributed by atoms with E-state index in [0.29, 0.717) is 13.1 Å². The van der Waals surface area contributed by atoms with Gasteiger partial charge >= 0.3 is 0 Å². The van der Waals surface area contributed by atoms with Crippen LogP contribution in [0.1, 0.15) is 13.8 Å². The van der Waals surface area contributed by atoms with Crippen LogP contribution in [0.25, 0.3) is 0 Å². The van der Waals surface area contributed by atoms with Gasteiger partial charge in [0.2, 0.25) is 0 Å². The largest absolute Gasteiger partial charge is 0.497 e. The topological polar surface area (TPSA) is 66.6 Å². The van der Waals surface area contributed by atoms with E-state index in [1.807, 2.05) is 13.8 Å². The van der Waals surface area contributed by atoms with Crippen LogP contribution < -0.4 is 15.0 Å². The van der Waals surface area contributed by atoms with Crippen LogP contribution in [0.4, 0.5) is 5.69 Å². The maximum absolute atomic E-state index is 12.0. The SMILES string of the molecule is CC[NH+](CC(=O)Nc1ccc(OC)cc1)C[C@H](C)C#N. The first kappa shape index (κ1) is 16.0. The van der Waals surface area contributed by atoms with Crippen molar-refractivity contribution in [3.05, 3.63) is 24.3 Å². The van der Waals surface area contributed by atoms with Gasteiger partial charge in [-0.15, -0.1) is 0 Å². The highest BCUT2D eigenvalue weighted by atomic mass is 16.5. The van der Waals surface area contributed by atoms with Gasteiger partial charge in [0, 0.05) is 5.69 Å². The first-order valence-corrected chi connectivity index (χ1v) is 6.76. The zero-order chi connectivity index (χ0) is 15.0. The molecule has 2 N–H and O–H groups in total. The van der Waals surface area contributed by atoms with E-state index in [1.165, 1.54) is 0 Å². The summed E-state index contributed by atoms with van der Waals surface area (Å²) in [5, 5.41) is 11.7. The van der Waals surface area contributed by atoms with Crippen LogP contribution in [0.2, 0.25) is 0 Å². The summed E-state index contributed by atoms with van der Waals surface area (Å²) >= 11 is 0. The molecule has 1 aromatic rings. The van der Waals surface area contributed by atoms with Crippen LogP contribution in [0, 0.1) is 17.2 Å². The van der Waals surface area contributed by atoms with Gasteiger partial charge in [0.25, 0.3) is 5.91 Å². The maximum Gasteiger partial charge on any atom is 0.279 e. The molecule has 0 aliphatic heterocycles. The Kier molecular flexibility index (Phi) is 6.54. The van der Waals surface area contributed by atoms with Gasteiger partial charge in [0.1, 0.15) is 5.75 Å². The van der Waals surface area contributed by atoms with Crippen molar-refractivity contribution in [2.45, 2.75) is 13.8 Å². The van der Waals surface area contributed by atoms with E-state index in [9.17, 15) is 4.79 Å². The number of nitrogens with zero attached hydrogens (tertiary/aromatic N) is 1. The van der Waals surface area contributed by atoms with E-state index in [-0.39, 0.29) is 11.8 Å². The number of methoxy groups -OCH3 is 1. The standard InChI is InChI=1S/C15H21N3O2/c1-4-18(10-12(2)9-16)11-15(19)17-13-5-7-14(20-3)8-6-13/h5-8,12H,4,10-11H2,1-3H3,(H,17,19)/p+1/t12-/m1/s1. The lowest BCUT2D eigenvalue weighted by Crippen LogP contribution is -3.13. The van der Waals surface area contributed by atoms with Gasteiger partial charge < -0.3 is 15.0 Å². The monoisotopic (exact) mass is 276 g/mol. The summed E-state index contributed by atoms with van der Waals surface area (Å²) < 4.78 is 5.06. The zero-order valence-electron chi connectivity index (χ0n) is 12.3. The number of ether oxygens (including phenoxy) is 1. The zero-order valence-corrected chi connectivity index (χ0v) is 12.3. The van der Waals surface area contributed by atoms with Crippen molar-refractivity contribution in [1.82, 2.24) is 0 Å². The summed E-state index contributed by atoms with van der Waals surface area (Å²) in [6.07, 6.45) is 0. The Balaban J connectivity index is 2.50. The van der Waals surface area contributed by atoms with Crippen LogP contribution in [0.5, 0.6) is 5.75 Å². The molecule has 20 heavy (non-hydrogen) atoms. The number of nitrogens with one attached hydrogen (secondary N) is 2. The number of amides is 1. The molecular weight excluding hydrogens is 254 g/mol. The van der Waals surface area contributed by atoms with E-state index in [1.54, 1.807) is 31.4 Å². The average molecular weight is 276 g/mol. The first-order valence-electron chi connectivity index (χ1n) is 6.76. The summed E-state index contributed by atoms with van der Waals surface area (Å²) in [6.45, 7) is 5.76. The summed E-state index contributed by atoms with van der Waals surface area (Å²) in [4.78, 5) is 13.1.